The summed E-state index contributed by atoms with van der Waals surface area (Å²) in [7, 11) is 0. The molecule has 1 fully saturated rings. The molecule has 0 aromatic heterocycles. The summed E-state index contributed by atoms with van der Waals surface area (Å²) < 4.78 is 9.81. The lowest BCUT2D eigenvalue weighted by Gasteiger charge is -2.36. The molecule has 5 heteroatoms. The Hall–Kier alpha value is -0.940. The molecular weight excluding hydrogens is 188 g/mol. The Bertz CT molecular complexity index is 258. The van der Waals surface area contributed by atoms with Crippen LogP contribution in [0.4, 0.5) is 0 Å². The summed E-state index contributed by atoms with van der Waals surface area (Å²) >= 11 is 0. The second-order valence-corrected chi connectivity index (χ2v) is 3.63. The summed E-state index contributed by atoms with van der Waals surface area (Å²) in [6.07, 6.45) is -1.24. The van der Waals surface area contributed by atoms with Crippen molar-refractivity contribution in [1.82, 2.24) is 0 Å². The number of aliphatic hydroxyl groups excluding tert-OH is 1. The number of hydrogen-bond acceptors (Lipinski definition) is 5. The van der Waals surface area contributed by atoms with E-state index in [2.05, 4.69) is 0 Å². The summed E-state index contributed by atoms with van der Waals surface area (Å²) in [5.74, 6) is -3.47. The average Bonchev–Trinajstić information content (AvgIpc) is 1.99. The Morgan fingerprint density at radius 2 is 2.14 bits per heavy atom. The molecule has 1 aliphatic heterocycles. The molecular formula is C9H14O5. The molecule has 14 heavy (non-hydrogen) atoms. The Morgan fingerprint density at radius 3 is 2.57 bits per heavy atom. The van der Waals surface area contributed by atoms with Crippen LogP contribution in [-0.4, -0.2) is 28.9 Å². The molecule has 0 bridgehead atoms. The zero-order valence-corrected chi connectivity index (χ0v) is 8.44. The number of Topliss-reactive ketones (excluding diaryl/α,β-unsaturated/α-hetero) is 1. The first kappa shape index (κ1) is 11.1. The van der Waals surface area contributed by atoms with Gasteiger partial charge in [-0.1, -0.05) is 6.92 Å². The van der Waals surface area contributed by atoms with Crippen molar-refractivity contribution in [3.63, 3.8) is 0 Å². The van der Waals surface area contributed by atoms with Crippen LogP contribution in [0, 0.1) is 5.92 Å². The van der Waals surface area contributed by atoms with E-state index < -0.39 is 24.0 Å². The molecule has 1 heterocycles. The maximum atomic E-state index is 11.3. The Labute approximate surface area is 82.0 Å². The van der Waals surface area contributed by atoms with Crippen LogP contribution in [0.3, 0.4) is 0 Å². The number of rotatable bonds is 2. The first-order valence-corrected chi connectivity index (χ1v) is 4.49. The minimum absolute atomic E-state index is 0.167. The molecule has 0 radical (unpaired) electrons. The topological polar surface area (TPSA) is 72.8 Å². The number of carbonyl (C=O) groups excluding carboxylic acids is 2. The highest BCUT2D eigenvalue weighted by atomic mass is 16.8. The molecule has 1 rings (SSSR count). The van der Waals surface area contributed by atoms with Crippen molar-refractivity contribution in [3.05, 3.63) is 0 Å². The van der Waals surface area contributed by atoms with E-state index in [0.717, 1.165) is 0 Å². The van der Waals surface area contributed by atoms with Gasteiger partial charge in [0.15, 0.2) is 18.0 Å². The van der Waals surface area contributed by atoms with Crippen LogP contribution >= 0.6 is 0 Å². The minimum Gasteiger partial charge on any atom is -0.433 e. The lowest BCUT2D eigenvalue weighted by Crippen LogP contribution is -2.51. The van der Waals surface area contributed by atoms with Crippen LogP contribution in [0.2, 0.25) is 0 Å². The molecule has 5 nitrogen and oxygen atoms in total. The first-order chi connectivity index (χ1) is 6.37. The molecule has 1 saturated heterocycles. The van der Waals surface area contributed by atoms with E-state index in [1.807, 2.05) is 0 Å². The average molecular weight is 202 g/mol. The Morgan fingerprint density at radius 1 is 1.57 bits per heavy atom. The second-order valence-electron chi connectivity index (χ2n) is 3.63. The third-order valence-electron chi connectivity index (χ3n) is 1.99. The first-order valence-electron chi connectivity index (χ1n) is 4.49. The maximum Gasteiger partial charge on any atom is 0.324 e. The molecule has 0 aromatic carbocycles. The molecule has 0 amide bonds. The largest absolute Gasteiger partial charge is 0.433 e. The van der Waals surface area contributed by atoms with Crippen molar-refractivity contribution in [1.29, 1.82) is 0 Å². The summed E-state index contributed by atoms with van der Waals surface area (Å²) in [5, 5.41) is 9.43. The third kappa shape index (κ3) is 2.10. The van der Waals surface area contributed by atoms with Gasteiger partial charge in [-0.15, -0.1) is 0 Å². The van der Waals surface area contributed by atoms with Crippen LogP contribution in [0.25, 0.3) is 0 Å². The van der Waals surface area contributed by atoms with Crippen molar-refractivity contribution < 1.29 is 24.2 Å². The van der Waals surface area contributed by atoms with Gasteiger partial charge in [0.25, 0.3) is 0 Å². The molecule has 2 atom stereocenters. The van der Waals surface area contributed by atoms with Crippen molar-refractivity contribution in [2.24, 2.45) is 5.92 Å². The van der Waals surface area contributed by atoms with Crippen LogP contribution in [0.5, 0.6) is 0 Å². The summed E-state index contributed by atoms with van der Waals surface area (Å²) in [4.78, 5) is 22.6. The molecule has 1 N–H and O–H groups in total. The Balaban J connectivity index is 2.81. The summed E-state index contributed by atoms with van der Waals surface area (Å²) in [6.45, 7) is 4.61. The fourth-order valence-electron chi connectivity index (χ4n) is 1.32. The number of carbonyl (C=O) groups is 2. The maximum absolute atomic E-state index is 11.3. The predicted octanol–water partition coefficient (Wildman–Crippen LogP) is 0.210. The van der Waals surface area contributed by atoms with E-state index in [-0.39, 0.29) is 12.2 Å². The van der Waals surface area contributed by atoms with Gasteiger partial charge < -0.3 is 14.6 Å². The number of ketones is 1. The smallest absolute Gasteiger partial charge is 0.324 e. The number of esters is 1. The SMILES string of the molecule is CCC(=O)C1C(=O)OC(C)(C)OC1O. The van der Waals surface area contributed by atoms with Gasteiger partial charge in [-0.25, -0.2) is 0 Å². The lowest BCUT2D eigenvalue weighted by molar-refractivity contribution is -0.310. The van der Waals surface area contributed by atoms with Gasteiger partial charge in [0.05, 0.1) is 0 Å². The highest BCUT2D eigenvalue weighted by Crippen LogP contribution is 2.26. The van der Waals surface area contributed by atoms with Gasteiger partial charge in [0.1, 0.15) is 0 Å². The van der Waals surface area contributed by atoms with Crippen LogP contribution in [0.15, 0.2) is 0 Å². The normalized spacial score (nSPS) is 31.0. The quantitative estimate of drug-likeness (QED) is 0.512. The third-order valence-corrected chi connectivity index (χ3v) is 1.99. The molecule has 1 aliphatic rings. The monoisotopic (exact) mass is 202 g/mol. The predicted molar refractivity (Wildman–Crippen MR) is 46.1 cm³/mol. The number of hydrogen-bond donors (Lipinski definition) is 1. The van der Waals surface area contributed by atoms with Gasteiger partial charge in [-0.3, -0.25) is 9.59 Å². The molecule has 0 spiro atoms. The van der Waals surface area contributed by atoms with Gasteiger partial charge in [0, 0.05) is 20.3 Å². The molecule has 0 aliphatic carbocycles. The number of cyclic esters (lactones) is 1. The highest BCUT2D eigenvalue weighted by molar-refractivity contribution is 5.99. The lowest BCUT2D eigenvalue weighted by atomic mass is 10.0. The fourth-order valence-corrected chi connectivity index (χ4v) is 1.32. The zero-order chi connectivity index (χ0) is 10.9. The minimum atomic E-state index is -1.40. The molecule has 80 valence electrons. The zero-order valence-electron chi connectivity index (χ0n) is 8.44. The second kappa shape index (κ2) is 3.67. The van der Waals surface area contributed by atoms with E-state index in [4.69, 9.17) is 9.47 Å². The van der Waals surface area contributed by atoms with Gasteiger partial charge in [-0.05, 0) is 0 Å². The van der Waals surface area contributed by atoms with Crippen LogP contribution in [-0.2, 0) is 19.1 Å². The molecule has 2 unspecified atom stereocenters. The fraction of sp³-hybridized carbons (Fsp3) is 0.778. The van der Waals surface area contributed by atoms with E-state index >= 15 is 0 Å². The molecule has 0 aromatic rings. The summed E-state index contributed by atoms with van der Waals surface area (Å²) in [5.41, 5.74) is 0. The van der Waals surface area contributed by atoms with Gasteiger partial charge in [0.2, 0.25) is 5.79 Å². The molecule has 0 saturated carbocycles. The van der Waals surface area contributed by atoms with Crippen molar-refractivity contribution >= 4 is 11.8 Å². The van der Waals surface area contributed by atoms with Crippen molar-refractivity contribution in [2.75, 3.05) is 0 Å². The Kier molecular flexibility index (Phi) is 2.92. The number of aliphatic hydroxyl groups is 1. The van der Waals surface area contributed by atoms with E-state index in [0.29, 0.717) is 0 Å². The number of ether oxygens (including phenoxy) is 2. The summed E-state index contributed by atoms with van der Waals surface area (Å²) in [6, 6.07) is 0. The van der Waals surface area contributed by atoms with Gasteiger partial charge in [-0.2, -0.15) is 0 Å². The standard InChI is InChI=1S/C9H14O5/c1-4-5(10)6-7(11)13-9(2,3)14-8(6)12/h6-7,11H,4H2,1-3H3. The van der Waals surface area contributed by atoms with Crippen LogP contribution in [0.1, 0.15) is 27.2 Å². The van der Waals surface area contributed by atoms with Crippen LogP contribution < -0.4 is 0 Å². The highest BCUT2D eigenvalue weighted by Gasteiger charge is 2.45. The van der Waals surface area contributed by atoms with Gasteiger partial charge >= 0.3 is 5.97 Å². The van der Waals surface area contributed by atoms with E-state index in [9.17, 15) is 14.7 Å². The van der Waals surface area contributed by atoms with Crippen molar-refractivity contribution in [3.8, 4) is 0 Å². The van der Waals surface area contributed by atoms with E-state index in [1.54, 1.807) is 6.92 Å². The van der Waals surface area contributed by atoms with Crippen molar-refractivity contribution in [2.45, 2.75) is 39.3 Å². The van der Waals surface area contributed by atoms with E-state index in [1.165, 1.54) is 13.8 Å².